The molecule has 0 radical (unpaired) electrons. The minimum Gasteiger partial charge on any atom is -0.457 e. The third-order valence-corrected chi connectivity index (χ3v) is 3.47. The van der Waals surface area contributed by atoms with Gasteiger partial charge < -0.3 is 14.6 Å². The maximum Gasteiger partial charge on any atom is 0.244 e. The fourth-order valence-electron chi connectivity index (χ4n) is 2.18. The standard InChI is InChI=1S/C17H22N2O2/c1-3-19(4-2)12-11-18-17(20)10-9-15-13-14-7-5-6-8-16(14)21-15/h5-10,13H,3-4,11-12H2,1-2H3,(H,18,20)/b10-9+. The summed E-state index contributed by atoms with van der Waals surface area (Å²) >= 11 is 0. The summed E-state index contributed by atoms with van der Waals surface area (Å²) in [7, 11) is 0. The molecular weight excluding hydrogens is 264 g/mol. The topological polar surface area (TPSA) is 45.5 Å². The summed E-state index contributed by atoms with van der Waals surface area (Å²) in [5.74, 6) is 0.595. The molecule has 0 unspecified atom stereocenters. The van der Waals surface area contributed by atoms with Gasteiger partial charge in [0.2, 0.25) is 5.91 Å². The lowest BCUT2D eigenvalue weighted by molar-refractivity contribution is -0.116. The zero-order valence-electron chi connectivity index (χ0n) is 12.6. The highest BCUT2D eigenvalue weighted by Crippen LogP contribution is 2.19. The van der Waals surface area contributed by atoms with Gasteiger partial charge >= 0.3 is 0 Å². The second-order valence-electron chi connectivity index (χ2n) is 4.84. The van der Waals surface area contributed by atoms with Gasteiger partial charge in [-0.3, -0.25) is 4.79 Å². The first-order valence-corrected chi connectivity index (χ1v) is 7.39. The van der Waals surface area contributed by atoms with Crippen LogP contribution in [0.15, 0.2) is 40.8 Å². The van der Waals surface area contributed by atoms with E-state index in [-0.39, 0.29) is 5.91 Å². The summed E-state index contributed by atoms with van der Waals surface area (Å²) in [6, 6.07) is 9.72. The lowest BCUT2D eigenvalue weighted by Crippen LogP contribution is -2.34. The van der Waals surface area contributed by atoms with Crippen LogP contribution < -0.4 is 5.32 Å². The maximum absolute atomic E-state index is 11.7. The van der Waals surface area contributed by atoms with E-state index in [0.717, 1.165) is 30.6 Å². The Bertz CT molecular complexity index is 579. The van der Waals surface area contributed by atoms with Gasteiger partial charge in [0.15, 0.2) is 0 Å². The van der Waals surface area contributed by atoms with Crippen LogP contribution in [-0.4, -0.2) is 37.0 Å². The Kier molecular flexibility index (Phi) is 5.58. The Balaban J connectivity index is 1.84. The molecule has 0 saturated carbocycles. The average molecular weight is 286 g/mol. The Morgan fingerprint density at radius 3 is 2.76 bits per heavy atom. The number of likely N-dealkylation sites (N-methyl/N-ethyl adjacent to an activating group) is 1. The summed E-state index contributed by atoms with van der Waals surface area (Å²) in [4.78, 5) is 14.0. The molecule has 4 heteroatoms. The van der Waals surface area contributed by atoms with Crippen molar-refractivity contribution in [3.8, 4) is 0 Å². The largest absolute Gasteiger partial charge is 0.457 e. The number of amides is 1. The van der Waals surface area contributed by atoms with Crippen molar-refractivity contribution in [2.24, 2.45) is 0 Å². The minimum absolute atomic E-state index is 0.0948. The van der Waals surface area contributed by atoms with Crippen molar-refractivity contribution in [1.29, 1.82) is 0 Å². The van der Waals surface area contributed by atoms with Crippen molar-refractivity contribution in [3.05, 3.63) is 42.2 Å². The molecule has 1 heterocycles. The molecule has 112 valence electrons. The van der Waals surface area contributed by atoms with E-state index in [1.54, 1.807) is 6.08 Å². The van der Waals surface area contributed by atoms with Crippen molar-refractivity contribution >= 4 is 23.0 Å². The predicted molar refractivity (Wildman–Crippen MR) is 86.0 cm³/mol. The zero-order chi connectivity index (χ0) is 15.1. The monoisotopic (exact) mass is 286 g/mol. The van der Waals surface area contributed by atoms with E-state index >= 15 is 0 Å². The van der Waals surface area contributed by atoms with Gasteiger partial charge in [0, 0.05) is 24.6 Å². The second-order valence-corrected chi connectivity index (χ2v) is 4.84. The molecule has 0 aliphatic heterocycles. The van der Waals surface area contributed by atoms with Gasteiger partial charge in [-0.15, -0.1) is 0 Å². The fourth-order valence-corrected chi connectivity index (χ4v) is 2.18. The number of nitrogens with zero attached hydrogens (tertiary/aromatic N) is 1. The highest BCUT2D eigenvalue weighted by atomic mass is 16.3. The fraction of sp³-hybridized carbons (Fsp3) is 0.353. The van der Waals surface area contributed by atoms with Crippen LogP contribution in [0.2, 0.25) is 0 Å². The number of hydrogen-bond acceptors (Lipinski definition) is 3. The van der Waals surface area contributed by atoms with Crippen molar-refractivity contribution in [2.75, 3.05) is 26.2 Å². The zero-order valence-corrected chi connectivity index (χ0v) is 12.6. The lowest BCUT2D eigenvalue weighted by atomic mass is 10.2. The highest BCUT2D eigenvalue weighted by Gasteiger charge is 2.02. The van der Waals surface area contributed by atoms with E-state index < -0.39 is 0 Å². The first-order valence-electron chi connectivity index (χ1n) is 7.39. The van der Waals surface area contributed by atoms with E-state index in [2.05, 4.69) is 24.1 Å². The molecule has 1 amide bonds. The maximum atomic E-state index is 11.7. The minimum atomic E-state index is -0.0948. The molecule has 1 aromatic carbocycles. The molecule has 0 fully saturated rings. The van der Waals surface area contributed by atoms with Gasteiger partial charge in [-0.1, -0.05) is 32.0 Å². The quantitative estimate of drug-likeness (QED) is 0.796. The van der Waals surface area contributed by atoms with E-state index in [0.29, 0.717) is 12.3 Å². The summed E-state index contributed by atoms with van der Waals surface area (Å²) in [6.45, 7) is 7.77. The molecule has 0 aliphatic rings. The van der Waals surface area contributed by atoms with Crippen molar-refractivity contribution in [1.82, 2.24) is 10.2 Å². The Hall–Kier alpha value is -2.07. The summed E-state index contributed by atoms with van der Waals surface area (Å²) in [6.07, 6.45) is 3.21. The van der Waals surface area contributed by atoms with Gasteiger partial charge in [0.05, 0.1) is 0 Å². The smallest absolute Gasteiger partial charge is 0.244 e. The SMILES string of the molecule is CCN(CC)CCNC(=O)/C=C/c1cc2ccccc2o1. The Morgan fingerprint density at radius 1 is 1.29 bits per heavy atom. The van der Waals surface area contributed by atoms with E-state index in [1.165, 1.54) is 6.08 Å². The van der Waals surface area contributed by atoms with Crippen LogP contribution in [0.5, 0.6) is 0 Å². The first kappa shape index (κ1) is 15.3. The van der Waals surface area contributed by atoms with Crippen molar-refractivity contribution < 1.29 is 9.21 Å². The van der Waals surface area contributed by atoms with Crippen LogP contribution in [-0.2, 0) is 4.79 Å². The first-order chi connectivity index (χ1) is 10.2. The van der Waals surface area contributed by atoms with Crippen LogP contribution in [0, 0.1) is 0 Å². The molecule has 0 spiro atoms. The molecule has 0 atom stereocenters. The van der Waals surface area contributed by atoms with Gasteiger partial charge in [-0.25, -0.2) is 0 Å². The van der Waals surface area contributed by atoms with Crippen molar-refractivity contribution in [3.63, 3.8) is 0 Å². The van der Waals surface area contributed by atoms with E-state index in [4.69, 9.17) is 4.42 Å². The number of fused-ring (bicyclic) bond motifs is 1. The Morgan fingerprint density at radius 2 is 2.05 bits per heavy atom. The van der Waals surface area contributed by atoms with Crippen LogP contribution in [0.25, 0.3) is 17.0 Å². The summed E-state index contributed by atoms with van der Waals surface area (Å²) < 4.78 is 5.62. The summed E-state index contributed by atoms with van der Waals surface area (Å²) in [5, 5.41) is 3.92. The third-order valence-electron chi connectivity index (χ3n) is 3.47. The molecule has 4 nitrogen and oxygen atoms in total. The van der Waals surface area contributed by atoms with Gasteiger partial charge in [-0.2, -0.15) is 0 Å². The van der Waals surface area contributed by atoms with E-state index in [1.807, 2.05) is 30.3 Å². The van der Waals surface area contributed by atoms with Crippen LogP contribution in [0.3, 0.4) is 0 Å². The van der Waals surface area contributed by atoms with Crippen molar-refractivity contribution in [2.45, 2.75) is 13.8 Å². The number of rotatable bonds is 7. The molecule has 0 bridgehead atoms. The summed E-state index contributed by atoms with van der Waals surface area (Å²) in [5.41, 5.74) is 0.832. The average Bonchev–Trinajstić information content (AvgIpc) is 2.92. The molecule has 0 aliphatic carbocycles. The van der Waals surface area contributed by atoms with Crippen LogP contribution in [0.1, 0.15) is 19.6 Å². The van der Waals surface area contributed by atoms with E-state index in [9.17, 15) is 4.79 Å². The number of nitrogens with one attached hydrogen (secondary N) is 1. The second kappa shape index (κ2) is 7.64. The number of hydrogen-bond donors (Lipinski definition) is 1. The molecule has 1 N–H and O–H groups in total. The predicted octanol–water partition coefficient (Wildman–Crippen LogP) is 2.90. The number of carbonyl (C=O) groups excluding carboxylic acids is 1. The van der Waals surface area contributed by atoms with Gasteiger partial charge in [-0.05, 0) is 31.3 Å². The van der Waals surface area contributed by atoms with Crippen LogP contribution >= 0.6 is 0 Å². The molecule has 21 heavy (non-hydrogen) atoms. The lowest BCUT2D eigenvalue weighted by Gasteiger charge is -2.17. The number of carbonyl (C=O) groups is 1. The van der Waals surface area contributed by atoms with Gasteiger partial charge in [0.25, 0.3) is 0 Å². The highest BCUT2D eigenvalue weighted by molar-refractivity contribution is 5.92. The van der Waals surface area contributed by atoms with Crippen LogP contribution in [0.4, 0.5) is 0 Å². The molecular formula is C17H22N2O2. The molecule has 2 aromatic rings. The molecule has 2 rings (SSSR count). The third kappa shape index (κ3) is 4.46. The molecule has 1 aromatic heterocycles. The number of furan rings is 1. The number of benzene rings is 1. The van der Waals surface area contributed by atoms with Gasteiger partial charge in [0.1, 0.15) is 11.3 Å². The normalized spacial score (nSPS) is 11.6. The Labute approximate surface area is 125 Å². The number of para-hydroxylation sites is 1. The molecule has 0 saturated heterocycles.